The summed E-state index contributed by atoms with van der Waals surface area (Å²) in [6.07, 6.45) is 6.26. The number of H-pyrrole nitrogens is 1. The molecule has 5 heteroatoms. The minimum Gasteiger partial charge on any atom is -0.396 e. The van der Waals surface area contributed by atoms with Gasteiger partial charge >= 0.3 is 0 Å². The van der Waals surface area contributed by atoms with Gasteiger partial charge in [-0.15, -0.1) is 11.3 Å². The first kappa shape index (κ1) is 17.6. The number of aliphatic hydroxyl groups excluding tert-OH is 1. The predicted octanol–water partition coefficient (Wildman–Crippen LogP) is 3.64. The molecule has 4 nitrogen and oxygen atoms in total. The molecule has 2 aromatic rings. The van der Waals surface area contributed by atoms with Crippen LogP contribution in [0, 0.1) is 6.92 Å². The van der Waals surface area contributed by atoms with Gasteiger partial charge in [0.1, 0.15) is 5.82 Å². The number of aliphatic hydroxyl groups is 1. The summed E-state index contributed by atoms with van der Waals surface area (Å²) in [5.74, 6) is 1.63. The lowest BCUT2D eigenvalue weighted by molar-refractivity contribution is 0.137. The second-order valence-corrected chi connectivity index (χ2v) is 8.17. The van der Waals surface area contributed by atoms with Gasteiger partial charge < -0.3 is 10.1 Å². The molecular weight excluding hydrogens is 318 g/mol. The topological polar surface area (TPSA) is 52.2 Å². The maximum atomic E-state index is 9.37. The van der Waals surface area contributed by atoms with Crippen LogP contribution in [-0.4, -0.2) is 39.2 Å². The van der Waals surface area contributed by atoms with Crippen LogP contribution < -0.4 is 0 Å². The van der Waals surface area contributed by atoms with Crippen LogP contribution in [0.25, 0.3) is 0 Å². The summed E-state index contributed by atoms with van der Waals surface area (Å²) >= 11 is 1.90. The van der Waals surface area contributed by atoms with Crippen molar-refractivity contribution in [3.8, 4) is 0 Å². The number of aryl methyl sites for hydroxylation is 2. The lowest BCUT2D eigenvalue weighted by atomic mass is 9.85. The summed E-state index contributed by atoms with van der Waals surface area (Å²) in [4.78, 5) is 13.1. The van der Waals surface area contributed by atoms with Gasteiger partial charge in [-0.2, -0.15) is 0 Å². The van der Waals surface area contributed by atoms with Crippen molar-refractivity contribution in [2.24, 2.45) is 0 Å². The van der Waals surface area contributed by atoms with E-state index in [4.69, 9.17) is 0 Å². The van der Waals surface area contributed by atoms with Crippen molar-refractivity contribution in [3.05, 3.63) is 39.1 Å². The molecule has 2 unspecified atom stereocenters. The highest BCUT2D eigenvalue weighted by Crippen LogP contribution is 2.37. The number of hydrogen-bond donors (Lipinski definition) is 2. The highest BCUT2D eigenvalue weighted by atomic mass is 32.1. The van der Waals surface area contributed by atoms with E-state index >= 15 is 0 Å². The summed E-state index contributed by atoms with van der Waals surface area (Å²) in [5, 5.41) is 9.37. The predicted molar refractivity (Wildman–Crippen MR) is 99.7 cm³/mol. The molecule has 0 saturated carbocycles. The Bertz CT molecular complexity index is 663. The minimum absolute atomic E-state index is 0.254. The van der Waals surface area contributed by atoms with Crippen molar-refractivity contribution in [3.63, 3.8) is 0 Å². The van der Waals surface area contributed by atoms with Gasteiger partial charge in [0.25, 0.3) is 0 Å². The molecule has 24 heavy (non-hydrogen) atoms. The number of aromatic amines is 1. The van der Waals surface area contributed by atoms with E-state index in [2.05, 4.69) is 34.8 Å². The van der Waals surface area contributed by atoms with E-state index in [0.717, 1.165) is 31.8 Å². The van der Waals surface area contributed by atoms with Crippen LogP contribution in [0.1, 0.15) is 59.4 Å². The van der Waals surface area contributed by atoms with E-state index in [1.165, 1.54) is 33.9 Å². The Labute approximate surface area is 148 Å². The fourth-order valence-electron chi connectivity index (χ4n) is 3.83. The van der Waals surface area contributed by atoms with E-state index in [1.54, 1.807) is 0 Å². The molecule has 0 bridgehead atoms. The molecule has 0 radical (unpaired) electrons. The largest absolute Gasteiger partial charge is 0.396 e. The maximum absolute atomic E-state index is 9.37. The van der Waals surface area contributed by atoms with Gasteiger partial charge in [0.05, 0.1) is 0 Å². The van der Waals surface area contributed by atoms with Crippen LogP contribution in [0.15, 0.2) is 12.3 Å². The van der Waals surface area contributed by atoms with Crippen molar-refractivity contribution in [2.75, 3.05) is 13.2 Å². The Balaban J connectivity index is 1.67. The van der Waals surface area contributed by atoms with Crippen molar-refractivity contribution in [2.45, 2.75) is 65.0 Å². The number of aromatic nitrogens is 2. The number of piperidine rings is 1. The standard InChI is InChI=1S/C19H29N3OS/c1-4-17-10-18(19(24-17)6-8-23)15-5-7-22(13(2)9-15)12-16-11-20-14(3)21-16/h10-11,13,15,23H,4-9,12H2,1-3H3,(H,20,21). The average Bonchev–Trinajstić information content (AvgIpc) is 3.16. The molecule has 3 heterocycles. The Kier molecular flexibility index (Phi) is 5.74. The molecule has 1 saturated heterocycles. The summed E-state index contributed by atoms with van der Waals surface area (Å²) in [5.41, 5.74) is 2.72. The van der Waals surface area contributed by atoms with Crippen LogP contribution in [0.3, 0.4) is 0 Å². The lowest BCUT2D eigenvalue weighted by Crippen LogP contribution is -2.39. The molecule has 0 amide bonds. The van der Waals surface area contributed by atoms with E-state index in [9.17, 15) is 5.11 Å². The zero-order valence-corrected chi connectivity index (χ0v) is 15.8. The Morgan fingerprint density at radius 3 is 2.92 bits per heavy atom. The third-order valence-electron chi connectivity index (χ3n) is 5.16. The summed E-state index contributed by atoms with van der Waals surface area (Å²) < 4.78 is 0. The number of nitrogens with zero attached hydrogens (tertiary/aromatic N) is 2. The summed E-state index contributed by atoms with van der Waals surface area (Å²) in [6, 6.07) is 2.97. The Morgan fingerprint density at radius 2 is 2.29 bits per heavy atom. The average molecular weight is 348 g/mol. The van der Waals surface area contributed by atoms with Crippen molar-refractivity contribution in [1.82, 2.24) is 14.9 Å². The van der Waals surface area contributed by atoms with Crippen LogP contribution >= 0.6 is 11.3 Å². The maximum Gasteiger partial charge on any atom is 0.103 e. The number of hydrogen-bond acceptors (Lipinski definition) is 4. The number of imidazole rings is 1. The zero-order valence-electron chi connectivity index (χ0n) is 15.0. The van der Waals surface area contributed by atoms with Gasteiger partial charge in [-0.1, -0.05) is 6.92 Å². The van der Waals surface area contributed by atoms with E-state index in [0.29, 0.717) is 12.0 Å². The van der Waals surface area contributed by atoms with E-state index in [1.807, 2.05) is 24.5 Å². The molecule has 3 rings (SSSR count). The quantitative estimate of drug-likeness (QED) is 0.839. The molecule has 0 aliphatic carbocycles. The van der Waals surface area contributed by atoms with Gasteiger partial charge in [-0.3, -0.25) is 4.90 Å². The number of likely N-dealkylation sites (tertiary alicyclic amines) is 1. The van der Waals surface area contributed by atoms with Crippen LogP contribution in [0.4, 0.5) is 0 Å². The summed E-state index contributed by atoms with van der Waals surface area (Å²) in [7, 11) is 0. The van der Waals surface area contributed by atoms with Crippen molar-refractivity contribution >= 4 is 11.3 Å². The van der Waals surface area contributed by atoms with Gasteiger partial charge in [0.15, 0.2) is 0 Å². The third kappa shape index (κ3) is 3.90. The van der Waals surface area contributed by atoms with Crippen molar-refractivity contribution in [1.29, 1.82) is 0 Å². The molecule has 2 atom stereocenters. The highest BCUT2D eigenvalue weighted by molar-refractivity contribution is 7.12. The Morgan fingerprint density at radius 1 is 1.46 bits per heavy atom. The molecule has 2 aromatic heterocycles. The minimum atomic E-state index is 0.254. The van der Waals surface area contributed by atoms with Gasteiger partial charge in [-0.25, -0.2) is 4.98 Å². The molecule has 0 spiro atoms. The van der Waals surface area contributed by atoms with Crippen LogP contribution in [0.2, 0.25) is 0 Å². The number of rotatable bonds is 6. The molecule has 2 N–H and O–H groups in total. The monoisotopic (exact) mass is 347 g/mol. The first-order valence-electron chi connectivity index (χ1n) is 9.07. The zero-order chi connectivity index (χ0) is 17.1. The second-order valence-electron chi connectivity index (χ2n) is 6.95. The molecule has 0 aromatic carbocycles. The van der Waals surface area contributed by atoms with Gasteiger partial charge in [-0.05, 0) is 57.2 Å². The molecule has 132 valence electrons. The SMILES string of the molecule is CCc1cc(C2CCN(Cc3cnc(C)[nH]3)C(C)C2)c(CCO)s1. The fraction of sp³-hybridized carbons (Fsp3) is 0.632. The number of thiophene rings is 1. The lowest BCUT2D eigenvalue weighted by Gasteiger charge is -2.37. The molecule has 1 fully saturated rings. The molecular formula is C19H29N3OS. The third-order valence-corrected chi connectivity index (χ3v) is 6.52. The first-order valence-corrected chi connectivity index (χ1v) is 9.89. The highest BCUT2D eigenvalue weighted by Gasteiger charge is 2.28. The first-order chi connectivity index (χ1) is 11.6. The van der Waals surface area contributed by atoms with Gasteiger partial charge in [0.2, 0.25) is 0 Å². The van der Waals surface area contributed by atoms with Crippen molar-refractivity contribution < 1.29 is 5.11 Å². The number of nitrogens with one attached hydrogen (secondary N) is 1. The van der Waals surface area contributed by atoms with E-state index < -0.39 is 0 Å². The molecule has 1 aliphatic heterocycles. The van der Waals surface area contributed by atoms with E-state index in [-0.39, 0.29) is 6.61 Å². The Hall–Kier alpha value is -1.17. The smallest absolute Gasteiger partial charge is 0.103 e. The molecule has 1 aliphatic rings. The summed E-state index contributed by atoms with van der Waals surface area (Å²) in [6.45, 7) is 8.90. The normalized spacial score (nSPS) is 22.2. The second kappa shape index (κ2) is 7.81. The fourth-order valence-corrected chi connectivity index (χ4v) is 5.01. The van der Waals surface area contributed by atoms with Crippen LogP contribution in [0.5, 0.6) is 0 Å². The van der Waals surface area contributed by atoms with Gasteiger partial charge in [0, 0.05) is 47.3 Å². The van der Waals surface area contributed by atoms with Crippen LogP contribution in [-0.2, 0) is 19.4 Å².